The zero-order valence-corrected chi connectivity index (χ0v) is 6.69. The Balaban J connectivity index is 2.75. The van der Waals surface area contributed by atoms with Gasteiger partial charge >= 0.3 is 0 Å². The molecule has 0 aromatic carbocycles. The Bertz CT molecular complexity index is 50.5. The van der Waals surface area contributed by atoms with E-state index >= 15 is 0 Å². The molecule has 0 bridgehead atoms. The zero-order valence-electron chi connectivity index (χ0n) is 6.69. The summed E-state index contributed by atoms with van der Waals surface area (Å²) in [6, 6.07) is 0.404. The molecule has 1 heteroatoms. The Morgan fingerprint density at radius 2 is 1.89 bits per heavy atom. The predicted octanol–water partition coefficient (Wildman–Crippen LogP) is 2.30. The second-order valence-electron chi connectivity index (χ2n) is 2.83. The molecule has 0 aromatic heterocycles. The summed E-state index contributed by atoms with van der Waals surface area (Å²) < 4.78 is 0. The minimum absolute atomic E-state index is 0.404. The van der Waals surface area contributed by atoms with Crippen molar-refractivity contribution in [2.75, 3.05) is 0 Å². The maximum atomic E-state index is 5.57. The molecule has 0 fully saturated rings. The molecular formula is C8H19N. The molecule has 0 aromatic rings. The molecule has 0 unspecified atom stereocenters. The monoisotopic (exact) mass is 129 g/mol. The molecule has 0 saturated carbocycles. The highest BCUT2D eigenvalue weighted by Crippen LogP contribution is 2.03. The van der Waals surface area contributed by atoms with E-state index in [1.54, 1.807) is 0 Å². The fraction of sp³-hybridized carbons (Fsp3) is 1.00. The molecule has 0 radical (unpaired) electrons. The highest BCUT2D eigenvalue weighted by molar-refractivity contribution is 4.52. The Labute approximate surface area is 58.6 Å². The van der Waals surface area contributed by atoms with Crippen molar-refractivity contribution in [2.45, 2.75) is 52.0 Å². The summed E-state index contributed by atoms with van der Waals surface area (Å²) in [5.41, 5.74) is 5.57. The molecule has 0 saturated heterocycles. The van der Waals surface area contributed by atoms with E-state index in [0.29, 0.717) is 6.04 Å². The van der Waals surface area contributed by atoms with Gasteiger partial charge in [-0.1, -0.05) is 32.6 Å². The first-order chi connectivity index (χ1) is 4.27. The van der Waals surface area contributed by atoms with Gasteiger partial charge in [0.05, 0.1) is 0 Å². The fourth-order valence-corrected chi connectivity index (χ4v) is 0.893. The van der Waals surface area contributed by atoms with Crippen molar-refractivity contribution in [1.29, 1.82) is 0 Å². The molecule has 1 atom stereocenters. The molecule has 0 aliphatic heterocycles. The van der Waals surface area contributed by atoms with Gasteiger partial charge in [-0.05, 0) is 13.3 Å². The van der Waals surface area contributed by atoms with Crippen LogP contribution in [0.5, 0.6) is 0 Å². The molecule has 0 amide bonds. The van der Waals surface area contributed by atoms with E-state index < -0.39 is 0 Å². The zero-order chi connectivity index (χ0) is 7.11. The van der Waals surface area contributed by atoms with Crippen LogP contribution >= 0.6 is 0 Å². The SMILES string of the molecule is CCCCCC[C@@H](C)N. The van der Waals surface area contributed by atoms with Crippen LogP contribution < -0.4 is 5.73 Å². The Hall–Kier alpha value is -0.0400. The van der Waals surface area contributed by atoms with E-state index in [-0.39, 0.29) is 0 Å². The maximum Gasteiger partial charge on any atom is 0.00104 e. The van der Waals surface area contributed by atoms with Crippen LogP contribution in [0, 0.1) is 0 Å². The number of unbranched alkanes of at least 4 members (excludes halogenated alkanes) is 3. The van der Waals surface area contributed by atoms with E-state index in [4.69, 9.17) is 5.73 Å². The van der Waals surface area contributed by atoms with E-state index in [0.717, 1.165) is 0 Å². The molecule has 0 aliphatic carbocycles. The maximum absolute atomic E-state index is 5.57. The van der Waals surface area contributed by atoms with Gasteiger partial charge < -0.3 is 5.73 Å². The molecule has 0 rings (SSSR count). The Morgan fingerprint density at radius 3 is 2.33 bits per heavy atom. The lowest BCUT2D eigenvalue weighted by molar-refractivity contribution is 0.575. The second kappa shape index (κ2) is 6.09. The third-order valence-corrected chi connectivity index (χ3v) is 1.51. The van der Waals surface area contributed by atoms with Crippen LogP contribution in [0.15, 0.2) is 0 Å². The average molecular weight is 129 g/mol. The van der Waals surface area contributed by atoms with Crippen molar-refractivity contribution in [3.05, 3.63) is 0 Å². The van der Waals surface area contributed by atoms with Crippen LogP contribution in [0.1, 0.15) is 46.0 Å². The normalized spacial score (nSPS) is 13.7. The van der Waals surface area contributed by atoms with Gasteiger partial charge in [0.25, 0.3) is 0 Å². The van der Waals surface area contributed by atoms with E-state index in [1.807, 2.05) is 0 Å². The molecule has 0 aliphatic rings. The van der Waals surface area contributed by atoms with Crippen LogP contribution in [0.2, 0.25) is 0 Å². The average Bonchev–Trinajstić information content (AvgIpc) is 1.80. The van der Waals surface area contributed by atoms with Crippen LogP contribution in [0.4, 0.5) is 0 Å². The second-order valence-corrected chi connectivity index (χ2v) is 2.83. The summed E-state index contributed by atoms with van der Waals surface area (Å²) in [6.45, 7) is 4.30. The quantitative estimate of drug-likeness (QED) is 0.566. The minimum atomic E-state index is 0.404. The van der Waals surface area contributed by atoms with Crippen molar-refractivity contribution in [3.8, 4) is 0 Å². The van der Waals surface area contributed by atoms with Gasteiger partial charge in [-0.2, -0.15) is 0 Å². The first kappa shape index (κ1) is 8.96. The van der Waals surface area contributed by atoms with Crippen molar-refractivity contribution >= 4 is 0 Å². The Morgan fingerprint density at radius 1 is 1.22 bits per heavy atom. The highest BCUT2D eigenvalue weighted by atomic mass is 14.6. The van der Waals surface area contributed by atoms with Crippen LogP contribution in [0.3, 0.4) is 0 Å². The third-order valence-electron chi connectivity index (χ3n) is 1.51. The first-order valence-electron chi connectivity index (χ1n) is 4.03. The molecule has 9 heavy (non-hydrogen) atoms. The smallest absolute Gasteiger partial charge is 0.00104 e. The van der Waals surface area contributed by atoms with Gasteiger partial charge in [0.2, 0.25) is 0 Å². The molecule has 56 valence electrons. The molecule has 0 heterocycles. The van der Waals surface area contributed by atoms with Gasteiger partial charge in [-0.25, -0.2) is 0 Å². The molecular weight excluding hydrogens is 110 g/mol. The fourth-order valence-electron chi connectivity index (χ4n) is 0.893. The molecule has 2 N–H and O–H groups in total. The van der Waals surface area contributed by atoms with Crippen LogP contribution in [-0.2, 0) is 0 Å². The Kier molecular flexibility index (Phi) is 6.06. The van der Waals surface area contributed by atoms with E-state index in [1.165, 1.54) is 32.1 Å². The summed E-state index contributed by atoms with van der Waals surface area (Å²) in [7, 11) is 0. The lowest BCUT2D eigenvalue weighted by Crippen LogP contribution is -2.13. The molecule has 1 nitrogen and oxygen atoms in total. The van der Waals surface area contributed by atoms with Gasteiger partial charge in [-0.3, -0.25) is 0 Å². The number of nitrogens with two attached hydrogens (primary N) is 1. The van der Waals surface area contributed by atoms with Gasteiger partial charge in [0.1, 0.15) is 0 Å². The summed E-state index contributed by atoms with van der Waals surface area (Å²) >= 11 is 0. The van der Waals surface area contributed by atoms with Gasteiger partial charge in [0, 0.05) is 6.04 Å². The summed E-state index contributed by atoms with van der Waals surface area (Å²) in [4.78, 5) is 0. The standard InChI is InChI=1S/C8H19N/c1-3-4-5-6-7-8(2)9/h8H,3-7,9H2,1-2H3/t8-/m1/s1. The van der Waals surface area contributed by atoms with E-state index in [2.05, 4.69) is 13.8 Å². The predicted molar refractivity (Wildman–Crippen MR) is 42.4 cm³/mol. The van der Waals surface area contributed by atoms with Crippen LogP contribution in [-0.4, -0.2) is 6.04 Å². The topological polar surface area (TPSA) is 26.0 Å². The number of hydrogen-bond donors (Lipinski definition) is 1. The van der Waals surface area contributed by atoms with Crippen molar-refractivity contribution < 1.29 is 0 Å². The highest BCUT2D eigenvalue weighted by Gasteiger charge is 1.91. The van der Waals surface area contributed by atoms with Crippen molar-refractivity contribution in [1.82, 2.24) is 0 Å². The number of rotatable bonds is 5. The van der Waals surface area contributed by atoms with Gasteiger partial charge in [0.15, 0.2) is 0 Å². The molecule has 0 spiro atoms. The van der Waals surface area contributed by atoms with E-state index in [9.17, 15) is 0 Å². The largest absolute Gasteiger partial charge is 0.328 e. The van der Waals surface area contributed by atoms with Crippen molar-refractivity contribution in [2.24, 2.45) is 5.73 Å². The lowest BCUT2D eigenvalue weighted by Gasteiger charge is -2.02. The van der Waals surface area contributed by atoms with Crippen molar-refractivity contribution in [3.63, 3.8) is 0 Å². The summed E-state index contributed by atoms with van der Waals surface area (Å²) in [6.07, 6.45) is 6.55. The van der Waals surface area contributed by atoms with Gasteiger partial charge in [-0.15, -0.1) is 0 Å². The lowest BCUT2D eigenvalue weighted by atomic mass is 10.1. The van der Waals surface area contributed by atoms with Crippen LogP contribution in [0.25, 0.3) is 0 Å². The summed E-state index contributed by atoms with van der Waals surface area (Å²) in [5.74, 6) is 0. The minimum Gasteiger partial charge on any atom is -0.328 e. The number of hydrogen-bond acceptors (Lipinski definition) is 1. The summed E-state index contributed by atoms with van der Waals surface area (Å²) in [5, 5.41) is 0. The first-order valence-corrected chi connectivity index (χ1v) is 4.03. The third kappa shape index (κ3) is 7.96.